The summed E-state index contributed by atoms with van der Waals surface area (Å²) in [5.41, 5.74) is 0. The molecule has 0 aromatic carbocycles. The monoisotopic (exact) mass is 490 g/mol. The maximum absolute atomic E-state index is 12.4. The van der Waals surface area contributed by atoms with Gasteiger partial charge in [0.05, 0.1) is 26.4 Å². The molecule has 0 atom stereocenters. The Morgan fingerprint density at radius 3 is 1.00 bits per heavy atom. The number of carbonyl (C=O) groups is 2. The molecule has 0 amide bonds. The third-order valence-electron chi connectivity index (χ3n) is 5.06. The van der Waals surface area contributed by atoms with Crippen molar-refractivity contribution < 1.29 is 38.0 Å². The van der Waals surface area contributed by atoms with E-state index < -0.39 is 23.9 Å². The number of esters is 2. The summed E-state index contributed by atoms with van der Waals surface area (Å²) in [5, 5.41) is 0. The topological polar surface area (TPSA) is 89.5 Å². The minimum absolute atomic E-state index is 0.161. The van der Waals surface area contributed by atoms with Gasteiger partial charge in [0, 0.05) is 26.7 Å². The first kappa shape index (κ1) is 32.8. The van der Waals surface area contributed by atoms with Crippen LogP contribution in [0.1, 0.15) is 119 Å². The predicted octanol–water partition coefficient (Wildman–Crippen LogP) is 6.25. The summed E-state index contributed by atoms with van der Waals surface area (Å²) in [4.78, 5) is 24.7. The fourth-order valence-electron chi connectivity index (χ4n) is 2.86. The van der Waals surface area contributed by atoms with Gasteiger partial charge in [-0.15, -0.1) is 0 Å². The fraction of sp³-hybridized carbons (Fsp3) is 0.923. The third-order valence-corrected chi connectivity index (χ3v) is 5.06. The van der Waals surface area contributed by atoms with Crippen molar-refractivity contribution in [1.29, 1.82) is 0 Å². The van der Waals surface area contributed by atoms with Crippen LogP contribution < -0.4 is 0 Å². The van der Waals surface area contributed by atoms with Crippen molar-refractivity contribution in [1.82, 2.24) is 0 Å². The van der Waals surface area contributed by atoms with Crippen LogP contribution in [0.4, 0.5) is 0 Å². The molecular formula is C26H50O8. The molecule has 0 aromatic heterocycles. The number of unbranched alkanes of at least 4 members (excludes halogenated alkanes) is 5. The highest BCUT2D eigenvalue weighted by atomic mass is 16.9. The van der Waals surface area contributed by atoms with Crippen molar-refractivity contribution in [2.45, 2.75) is 131 Å². The number of hydrogen-bond acceptors (Lipinski definition) is 8. The molecule has 8 heteroatoms. The van der Waals surface area contributed by atoms with Gasteiger partial charge in [0.1, 0.15) is 0 Å². The van der Waals surface area contributed by atoms with Crippen LogP contribution in [-0.4, -0.2) is 50.3 Å². The van der Waals surface area contributed by atoms with E-state index in [2.05, 4.69) is 27.7 Å². The van der Waals surface area contributed by atoms with Crippen LogP contribution in [0, 0.1) is 0 Å². The number of carbonyl (C=O) groups excluding carboxylic acids is 2. The molecule has 0 aliphatic rings. The summed E-state index contributed by atoms with van der Waals surface area (Å²) < 4.78 is 33.8. The molecule has 0 spiro atoms. The van der Waals surface area contributed by atoms with Crippen molar-refractivity contribution >= 4 is 11.9 Å². The molecule has 0 aromatic rings. The first-order chi connectivity index (χ1) is 16.2. The Bertz CT molecular complexity index is 457. The van der Waals surface area contributed by atoms with Gasteiger partial charge in [-0.05, 0) is 38.5 Å². The highest BCUT2D eigenvalue weighted by Crippen LogP contribution is 2.20. The Labute approximate surface area is 207 Å². The Kier molecular flexibility index (Phi) is 19.3. The molecule has 0 aliphatic carbocycles. The van der Waals surface area contributed by atoms with Gasteiger partial charge >= 0.3 is 23.9 Å². The molecule has 202 valence electrons. The molecule has 0 aliphatic heterocycles. The molecule has 0 saturated carbocycles. The summed E-state index contributed by atoms with van der Waals surface area (Å²) in [6.45, 7) is 13.3. The predicted molar refractivity (Wildman–Crippen MR) is 131 cm³/mol. The average molecular weight is 491 g/mol. The molecule has 34 heavy (non-hydrogen) atoms. The number of ether oxygens (including phenoxy) is 6. The van der Waals surface area contributed by atoms with Gasteiger partial charge in [-0.25, -0.2) is 0 Å². The molecule has 0 saturated heterocycles. The standard InChI is InChI=1S/C26H50O8/c1-7-11-19-29-25(5,30-20-12-8-2)33-23(27)17-15-16-18-24(28)34-26(6,31-21-13-9-3)32-22-14-10-4/h7-22H2,1-6H3. The van der Waals surface area contributed by atoms with Gasteiger partial charge < -0.3 is 28.4 Å². The lowest BCUT2D eigenvalue weighted by Crippen LogP contribution is -2.39. The van der Waals surface area contributed by atoms with E-state index in [-0.39, 0.29) is 12.8 Å². The van der Waals surface area contributed by atoms with Crippen molar-refractivity contribution in [2.24, 2.45) is 0 Å². The summed E-state index contributed by atoms with van der Waals surface area (Å²) in [6.07, 6.45) is 8.61. The van der Waals surface area contributed by atoms with Crippen LogP contribution in [-0.2, 0) is 38.0 Å². The second-order valence-electron chi connectivity index (χ2n) is 8.69. The summed E-state index contributed by atoms with van der Waals surface area (Å²) >= 11 is 0. The van der Waals surface area contributed by atoms with Gasteiger partial charge in [0.25, 0.3) is 0 Å². The van der Waals surface area contributed by atoms with Crippen LogP contribution in [0.15, 0.2) is 0 Å². The first-order valence-corrected chi connectivity index (χ1v) is 13.2. The summed E-state index contributed by atoms with van der Waals surface area (Å²) in [7, 11) is 0. The molecule has 0 N–H and O–H groups in total. The van der Waals surface area contributed by atoms with E-state index in [0.717, 1.165) is 51.4 Å². The Hall–Kier alpha value is -1.22. The van der Waals surface area contributed by atoms with E-state index in [9.17, 15) is 9.59 Å². The SMILES string of the molecule is CCCCOC(C)(OCCCC)OC(=O)CCCCC(=O)OC(C)(OCCCC)OCCCC. The van der Waals surface area contributed by atoms with E-state index in [0.29, 0.717) is 39.3 Å². The normalized spacial score (nSPS) is 12.1. The van der Waals surface area contributed by atoms with Crippen LogP contribution >= 0.6 is 0 Å². The highest BCUT2D eigenvalue weighted by molar-refractivity contribution is 5.70. The lowest BCUT2D eigenvalue weighted by molar-refractivity contribution is -0.354. The van der Waals surface area contributed by atoms with Crippen LogP contribution in [0.5, 0.6) is 0 Å². The second kappa shape index (κ2) is 20.0. The van der Waals surface area contributed by atoms with Crippen molar-refractivity contribution in [2.75, 3.05) is 26.4 Å². The van der Waals surface area contributed by atoms with Gasteiger partial charge in [-0.2, -0.15) is 0 Å². The third kappa shape index (κ3) is 17.2. The molecule has 0 bridgehead atoms. The van der Waals surface area contributed by atoms with E-state index in [1.807, 2.05) is 0 Å². The minimum Gasteiger partial charge on any atom is -0.408 e. The molecular weight excluding hydrogens is 440 g/mol. The molecule has 0 rings (SSSR count). The molecule has 0 radical (unpaired) electrons. The molecule has 0 fully saturated rings. The maximum atomic E-state index is 12.4. The minimum atomic E-state index is -1.38. The summed E-state index contributed by atoms with van der Waals surface area (Å²) in [6, 6.07) is 0. The Balaban J connectivity index is 4.49. The van der Waals surface area contributed by atoms with Crippen molar-refractivity contribution in [3.05, 3.63) is 0 Å². The zero-order valence-corrected chi connectivity index (χ0v) is 22.6. The maximum Gasteiger partial charge on any atom is 0.326 e. The van der Waals surface area contributed by atoms with Crippen molar-refractivity contribution in [3.63, 3.8) is 0 Å². The lowest BCUT2D eigenvalue weighted by atomic mass is 10.2. The zero-order chi connectivity index (χ0) is 25.7. The fourth-order valence-corrected chi connectivity index (χ4v) is 2.86. The van der Waals surface area contributed by atoms with Crippen LogP contribution in [0.3, 0.4) is 0 Å². The van der Waals surface area contributed by atoms with Gasteiger partial charge in [-0.3, -0.25) is 9.59 Å². The van der Waals surface area contributed by atoms with E-state index >= 15 is 0 Å². The van der Waals surface area contributed by atoms with Gasteiger partial charge in [0.15, 0.2) is 0 Å². The van der Waals surface area contributed by atoms with Crippen molar-refractivity contribution in [3.8, 4) is 0 Å². The number of rotatable bonds is 23. The van der Waals surface area contributed by atoms with E-state index in [4.69, 9.17) is 28.4 Å². The largest absolute Gasteiger partial charge is 0.408 e. The smallest absolute Gasteiger partial charge is 0.326 e. The van der Waals surface area contributed by atoms with E-state index in [1.54, 1.807) is 13.8 Å². The zero-order valence-electron chi connectivity index (χ0n) is 22.6. The second-order valence-corrected chi connectivity index (χ2v) is 8.69. The van der Waals surface area contributed by atoms with Gasteiger partial charge in [-0.1, -0.05) is 53.4 Å². The number of hydrogen-bond donors (Lipinski definition) is 0. The lowest BCUT2D eigenvalue weighted by Gasteiger charge is -2.29. The molecule has 0 unspecified atom stereocenters. The van der Waals surface area contributed by atoms with E-state index in [1.165, 1.54) is 0 Å². The first-order valence-electron chi connectivity index (χ1n) is 13.2. The quantitative estimate of drug-likeness (QED) is 0.0943. The van der Waals surface area contributed by atoms with Crippen LogP contribution in [0.25, 0.3) is 0 Å². The summed E-state index contributed by atoms with van der Waals surface area (Å²) in [5.74, 6) is -3.60. The van der Waals surface area contributed by atoms with Gasteiger partial charge in [0.2, 0.25) is 0 Å². The Morgan fingerprint density at radius 2 is 0.765 bits per heavy atom. The van der Waals surface area contributed by atoms with Crippen LogP contribution in [0.2, 0.25) is 0 Å². The molecule has 8 nitrogen and oxygen atoms in total. The Morgan fingerprint density at radius 1 is 0.500 bits per heavy atom. The molecule has 0 heterocycles. The average Bonchev–Trinajstić information content (AvgIpc) is 2.77. The highest BCUT2D eigenvalue weighted by Gasteiger charge is 2.32.